The van der Waals surface area contributed by atoms with Crippen molar-refractivity contribution < 1.29 is 4.79 Å². The molecule has 0 aliphatic heterocycles. The predicted octanol–water partition coefficient (Wildman–Crippen LogP) is 3.39. The number of guanidine groups is 1. The van der Waals surface area contributed by atoms with Gasteiger partial charge in [-0.05, 0) is 50.8 Å². The van der Waals surface area contributed by atoms with Crippen molar-refractivity contribution in [2.24, 2.45) is 4.99 Å². The molecule has 0 heterocycles. The van der Waals surface area contributed by atoms with Crippen LogP contribution in [0.4, 0.5) is 5.69 Å². The highest BCUT2D eigenvalue weighted by Crippen LogP contribution is 2.20. The van der Waals surface area contributed by atoms with Crippen LogP contribution in [0.15, 0.2) is 27.7 Å². The van der Waals surface area contributed by atoms with Gasteiger partial charge in [-0.15, -0.1) is 0 Å². The van der Waals surface area contributed by atoms with Crippen LogP contribution in [-0.4, -0.2) is 43.0 Å². The fourth-order valence-corrected chi connectivity index (χ4v) is 2.56. The highest BCUT2D eigenvalue weighted by Gasteiger charge is 2.16. The summed E-state index contributed by atoms with van der Waals surface area (Å²) in [6, 6.07) is 5.79. The number of aryl methyl sites for hydroxylation is 1. The second-order valence-electron chi connectivity index (χ2n) is 6.07. The van der Waals surface area contributed by atoms with Crippen molar-refractivity contribution in [3.05, 3.63) is 28.2 Å². The van der Waals surface area contributed by atoms with Crippen molar-refractivity contribution in [1.29, 1.82) is 0 Å². The van der Waals surface area contributed by atoms with E-state index in [2.05, 4.69) is 57.0 Å². The summed E-state index contributed by atoms with van der Waals surface area (Å²) >= 11 is 5.22. The molecule has 7 heteroatoms. The van der Waals surface area contributed by atoms with Gasteiger partial charge < -0.3 is 16.0 Å². The molecule has 0 aliphatic carbocycles. The Morgan fingerprint density at radius 1 is 1.33 bits per heavy atom. The molecule has 5 nitrogen and oxygen atoms in total. The van der Waals surface area contributed by atoms with Crippen molar-refractivity contribution in [3.63, 3.8) is 0 Å². The molecule has 134 valence electrons. The second-order valence-corrected chi connectivity index (χ2v) is 8.50. The van der Waals surface area contributed by atoms with E-state index >= 15 is 0 Å². The predicted molar refractivity (Wildman–Crippen MR) is 109 cm³/mol. The maximum Gasteiger partial charge on any atom is 0.226 e. The molecule has 0 saturated heterocycles. The molecule has 0 atom stereocenters. The Hall–Kier alpha value is -1.21. The van der Waals surface area contributed by atoms with Crippen LogP contribution in [0.5, 0.6) is 0 Å². The van der Waals surface area contributed by atoms with Gasteiger partial charge in [0.1, 0.15) is 0 Å². The molecule has 24 heavy (non-hydrogen) atoms. The zero-order valence-electron chi connectivity index (χ0n) is 15.0. The molecule has 1 rings (SSSR count). The molecular weight excluding hydrogens is 388 g/mol. The zero-order chi connectivity index (χ0) is 18.2. The van der Waals surface area contributed by atoms with E-state index in [0.717, 1.165) is 22.3 Å². The van der Waals surface area contributed by atoms with Crippen molar-refractivity contribution >= 4 is 45.2 Å². The number of aliphatic imine (C=N–C) groups is 1. The minimum Gasteiger partial charge on any atom is -0.356 e. The summed E-state index contributed by atoms with van der Waals surface area (Å²) in [5.41, 5.74) is 1.87. The Bertz CT molecular complexity index is 590. The van der Waals surface area contributed by atoms with Gasteiger partial charge in [0, 0.05) is 41.5 Å². The van der Waals surface area contributed by atoms with E-state index in [4.69, 9.17) is 0 Å². The summed E-state index contributed by atoms with van der Waals surface area (Å²) in [5, 5.41) is 9.38. The van der Waals surface area contributed by atoms with Crippen LogP contribution in [-0.2, 0) is 4.79 Å². The standard InChI is InChI=1S/C17H27BrN4OS/c1-12-10-13(18)6-7-14(12)22-15(23)8-9-20-16(19-4)21-11-17(2,3)24-5/h6-7,10H,8-9,11H2,1-5H3,(H,22,23)(H2,19,20,21). The van der Waals surface area contributed by atoms with E-state index in [1.165, 1.54) is 0 Å². The molecule has 1 aromatic rings. The topological polar surface area (TPSA) is 65.5 Å². The first-order valence-electron chi connectivity index (χ1n) is 7.83. The van der Waals surface area contributed by atoms with E-state index < -0.39 is 0 Å². The first-order valence-corrected chi connectivity index (χ1v) is 9.85. The molecule has 3 N–H and O–H groups in total. The van der Waals surface area contributed by atoms with Crippen molar-refractivity contribution in [2.75, 3.05) is 31.7 Å². The third kappa shape index (κ3) is 7.57. The SMILES string of the molecule is CN=C(NCCC(=O)Nc1ccc(Br)cc1C)NCC(C)(C)SC. The monoisotopic (exact) mass is 414 g/mol. The molecular formula is C17H27BrN4OS. The Kier molecular flexibility index (Phi) is 8.62. The number of hydrogen-bond acceptors (Lipinski definition) is 3. The van der Waals surface area contributed by atoms with Crippen LogP contribution in [0.2, 0.25) is 0 Å². The van der Waals surface area contributed by atoms with Crippen LogP contribution in [0.1, 0.15) is 25.8 Å². The lowest BCUT2D eigenvalue weighted by Gasteiger charge is -2.23. The maximum absolute atomic E-state index is 12.1. The maximum atomic E-state index is 12.1. The molecule has 0 unspecified atom stereocenters. The summed E-state index contributed by atoms with van der Waals surface area (Å²) in [6.45, 7) is 7.65. The molecule has 0 fully saturated rings. The molecule has 0 spiro atoms. The highest BCUT2D eigenvalue weighted by atomic mass is 79.9. The van der Waals surface area contributed by atoms with Crippen molar-refractivity contribution in [1.82, 2.24) is 10.6 Å². The fraction of sp³-hybridized carbons (Fsp3) is 0.529. The van der Waals surface area contributed by atoms with Crippen LogP contribution >= 0.6 is 27.7 Å². The minimum absolute atomic E-state index is 0.0205. The Labute approximate surface area is 157 Å². The smallest absolute Gasteiger partial charge is 0.226 e. The lowest BCUT2D eigenvalue weighted by Crippen LogP contribution is -2.44. The van der Waals surface area contributed by atoms with Crippen LogP contribution in [0.3, 0.4) is 0 Å². The summed E-state index contributed by atoms with van der Waals surface area (Å²) in [4.78, 5) is 16.2. The van der Waals surface area contributed by atoms with Gasteiger partial charge in [-0.1, -0.05) is 15.9 Å². The Morgan fingerprint density at radius 2 is 2.04 bits per heavy atom. The summed E-state index contributed by atoms with van der Waals surface area (Å²) < 4.78 is 1.14. The quantitative estimate of drug-likeness (QED) is 0.472. The molecule has 0 aromatic heterocycles. The van der Waals surface area contributed by atoms with Crippen LogP contribution in [0.25, 0.3) is 0 Å². The number of carbonyl (C=O) groups is 1. The average Bonchev–Trinajstić information content (AvgIpc) is 2.53. The lowest BCUT2D eigenvalue weighted by molar-refractivity contribution is -0.116. The van der Waals surface area contributed by atoms with E-state index in [0.29, 0.717) is 18.9 Å². The molecule has 0 bridgehead atoms. The molecule has 0 aliphatic rings. The second kappa shape index (κ2) is 9.93. The van der Waals surface area contributed by atoms with Gasteiger partial charge in [-0.25, -0.2) is 0 Å². The van der Waals surface area contributed by atoms with Gasteiger partial charge in [0.25, 0.3) is 0 Å². The van der Waals surface area contributed by atoms with E-state index in [9.17, 15) is 4.79 Å². The first-order chi connectivity index (χ1) is 11.3. The molecule has 1 amide bonds. The lowest BCUT2D eigenvalue weighted by atomic mass is 10.2. The van der Waals surface area contributed by atoms with E-state index in [1.54, 1.807) is 18.8 Å². The van der Waals surface area contributed by atoms with Crippen molar-refractivity contribution in [2.45, 2.75) is 31.9 Å². The number of carbonyl (C=O) groups excluding carboxylic acids is 1. The fourth-order valence-electron chi connectivity index (χ4n) is 1.86. The largest absolute Gasteiger partial charge is 0.356 e. The number of amides is 1. The Balaban J connectivity index is 2.38. The number of benzene rings is 1. The number of nitrogens with zero attached hydrogens (tertiary/aromatic N) is 1. The third-order valence-corrected chi connectivity index (χ3v) is 5.31. The van der Waals surface area contributed by atoms with Crippen LogP contribution in [0, 0.1) is 6.92 Å². The number of hydrogen-bond donors (Lipinski definition) is 3. The number of anilines is 1. The van der Waals surface area contributed by atoms with Crippen molar-refractivity contribution in [3.8, 4) is 0 Å². The van der Waals surface area contributed by atoms with Gasteiger partial charge in [0.2, 0.25) is 5.91 Å². The van der Waals surface area contributed by atoms with E-state index in [-0.39, 0.29) is 10.7 Å². The van der Waals surface area contributed by atoms with Crippen LogP contribution < -0.4 is 16.0 Å². The number of halogens is 1. The highest BCUT2D eigenvalue weighted by molar-refractivity contribution is 9.10. The number of nitrogens with one attached hydrogen (secondary N) is 3. The third-order valence-electron chi connectivity index (χ3n) is 3.56. The molecule has 1 aromatic carbocycles. The molecule has 0 saturated carbocycles. The van der Waals surface area contributed by atoms with Gasteiger partial charge >= 0.3 is 0 Å². The minimum atomic E-state index is -0.0205. The summed E-state index contributed by atoms with van der Waals surface area (Å²) in [5.74, 6) is 0.692. The van der Waals surface area contributed by atoms with Gasteiger partial charge in [-0.2, -0.15) is 11.8 Å². The first kappa shape index (κ1) is 20.8. The number of thioether (sulfide) groups is 1. The van der Waals surface area contributed by atoms with Gasteiger partial charge in [0.15, 0.2) is 5.96 Å². The number of rotatable bonds is 7. The van der Waals surface area contributed by atoms with Gasteiger partial charge in [0.05, 0.1) is 0 Å². The summed E-state index contributed by atoms with van der Waals surface area (Å²) in [7, 11) is 1.73. The molecule has 0 radical (unpaired) electrons. The Morgan fingerprint density at radius 3 is 2.62 bits per heavy atom. The normalized spacial score (nSPS) is 12.0. The zero-order valence-corrected chi connectivity index (χ0v) is 17.4. The van der Waals surface area contributed by atoms with Gasteiger partial charge in [-0.3, -0.25) is 9.79 Å². The summed E-state index contributed by atoms with van der Waals surface area (Å²) in [6.07, 6.45) is 2.47. The average molecular weight is 415 g/mol. The van der Waals surface area contributed by atoms with E-state index in [1.807, 2.05) is 25.1 Å².